The quantitative estimate of drug-likeness (QED) is 0.383. The molecule has 0 bridgehead atoms. The molecule has 3 aromatic rings. The van der Waals surface area contributed by atoms with E-state index in [4.69, 9.17) is 52.1 Å². The molecule has 0 radical (unpaired) electrons. The van der Waals surface area contributed by atoms with Gasteiger partial charge in [-0.2, -0.15) is 5.10 Å². The standard InChI is InChI=1S/C22H21Cl3N4S.ClH/c1-14-20(22(30)27-28-11-3-2-4-12-28)26-29(19-10-9-17(24)13-18(19)25)21(14)15-5-7-16(23)8-6-15;/h5-10,13H,2-4,11-12H2,1H3,(H,27,30);1H. The maximum Gasteiger partial charge on any atom is 0.141 e. The van der Waals surface area contributed by atoms with E-state index in [2.05, 4.69) is 10.4 Å². The molecule has 31 heavy (non-hydrogen) atoms. The van der Waals surface area contributed by atoms with Crippen LogP contribution in [0.3, 0.4) is 0 Å². The second kappa shape index (κ2) is 10.5. The van der Waals surface area contributed by atoms with Gasteiger partial charge < -0.3 is 5.43 Å². The zero-order valence-corrected chi connectivity index (χ0v) is 20.8. The van der Waals surface area contributed by atoms with E-state index < -0.39 is 0 Å². The topological polar surface area (TPSA) is 33.1 Å². The number of rotatable bonds is 4. The molecule has 0 unspecified atom stereocenters. The molecular formula is C22H22Cl4N4S. The van der Waals surface area contributed by atoms with Crippen LogP contribution >= 0.6 is 59.4 Å². The molecule has 0 amide bonds. The van der Waals surface area contributed by atoms with Gasteiger partial charge in [0.25, 0.3) is 0 Å². The minimum absolute atomic E-state index is 0. The maximum atomic E-state index is 6.52. The van der Waals surface area contributed by atoms with E-state index in [0.717, 1.165) is 41.3 Å². The predicted octanol–water partition coefficient (Wildman–Crippen LogP) is 6.90. The monoisotopic (exact) mass is 514 g/mol. The van der Waals surface area contributed by atoms with Crippen molar-refractivity contribution < 1.29 is 0 Å². The highest BCUT2D eigenvalue weighted by atomic mass is 35.5. The Kier molecular flexibility index (Phi) is 8.25. The largest absolute Gasteiger partial charge is 0.308 e. The third kappa shape index (κ3) is 5.36. The Morgan fingerprint density at radius 2 is 1.61 bits per heavy atom. The van der Waals surface area contributed by atoms with Gasteiger partial charge in [0.1, 0.15) is 10.7 Å². The molecule has 164 valence electrons. The zero-order chi connectivity index (χ0) is 21.3. The van der Waals surface area contributed by atoms with Crippen molar-refractivity contribution >= 4 is 64.4 Å². The van der Waals surface area contributed by atoms with Crippen molar-refractivity contribution in [3.05, 3.63) is 68.8 Å². The lowest BCUT2D eigenvalue weighted by Crippen LogP contribution is -2.44. The van der Waals surface area contributed by atoms with Crippen LogP contribution in [0.2, 0.25) is 15.1 Å². The molecule has 2 heterocycles. The number of piperidine rings is 1. The average molecular weight is 516 g/mol. The van der Waals surface area contributed by atoms with Crippen molar-refractivity contribution in [2.24, 2.45) is 0 Å². The number of hydrogen-bond acceptors (Lipinski definition) is 3. The summed E-state index contributed by atoms with van der Waals surface area (Å²) in [5.74, 6) is 0. The molecule has 1 aliphatic rings. The van der Waals surface area contributed by atoms with Crippen molar-refractivity contribution in [2.75, 3.05) is 13.1 Å². The Hall–Kier alpha value is -1.34. The van der Waals surface area contributed by atoms with Gasteiger partial charge in [0.15, 0.2) is 0 Å². The Labute approximate surface area is 208 Å². The summed E-state index contributed by atoms with van der Waals surface area (Å²) in [6.45, 7) is 3.98. The Morgan fingerprint density at radius 3 is 2.26 bits per heavy atom. The summed E-state index contributed by atoms with van der Waals surface area (Å²) in [6, 6.07) is 13.0. The molecule has 2 aromatic carbocycles. The molecule has 0 aliphatic carbocycles. The number of halogens is 4. The summed E-state index contributed by atoms with van der Waals surface area (Å²) in [7, 11) is 0. The molecule has 1 aromatic heterocycles. The van der Waals surface area contributed by atoms with E-state index in [0.29, 0.717) is 20.1 Å². The van der Waals surface area contributed by atoms with E-state index in [1.807, 2.05) is 41.9 Å². The highest BCUT2D eigenvalue weighted by Gasteiger charge is 2.23. The molecular weight excluding hydrogens is 494 g/mol. The van der Waals surface area contributed by atoms with Crippen molar-refractivity contribution in [3.8, 4) is 16.9 Å². The smallest absolute Gasteiger partial charge is 0.141 e. The lowest BCUT2D eigenvalue weighted by molar-refractivity contribution is 0.196. The molecule has 0 atom stereocenters. The lowest BCUT2D eigenvalue weighted by Gasteiger charge is -2.27. The van der Waals surface area contributed by atoms with Crippen LogP contribution in [0.15, 0.2) is 42.5 Å². The summed E-state index contributed by atoms with van der Waals surface area (Å²) in [5, 5.41) is 8.79. The molecule has 0 spiro atoms. The normalized spacial score (nSPS) is 14.2. The van der Waals surface area contributed by atoms with E-state index >= 15 is 0 Å². The first-order chi connectivity index (χ1) is 14.4. The Bertz CT molecular complexity index is 1080. The van der Waals surface area contributed by atoms with Crippen LogP contribution in [0, 0.1) is 6.92 Å². The van der Waals surface area contributed by atoms with Crippen LogP contribution in [0.5, 0.6) is 0 Å². The molecule has 9 heteroatoms. The average Bonchev–Trinajstić information content (AvgIpc) is 3.06. The van der Waals surface area contributed by atoms with Gasteiger partial charge in [0, 0.05) is 34.3 Å². The minimum Gasteiger partial charge on any atom is -0.308 e. The third-order valence-corrected chi connectivity index (χ3v) is 6.28. The summed E-state index contributed by atoms with van der Waals surface area (Å²) < 4.78 is 1.83. The first kappa shape index (κ1) is 24.3. The second-order valence-electron chi connectivity index (χ2n) is 7.33. The number of benzene rings is 2. The Balaban J connectivity index is 0.00000272. The molecule has 1 fully saturated rings. The number of hydrazine groups is 1. The van der Waals surface area contributed by atoms with Gasteiger partial charge in [-0.3, -0.25) is 0 Å². The molecule has 0 saturated carbocycles. The highest BCUT2D eigenvalue weighted by Crippen LogP contribution is 2.33. The van der Waals surface area contributed by atoms with Crippen LogP contribution < -0.4 is 5.43 Å². The molecule has 4 nitrogen and oxygen atoms in total. The van der Waals surface area contributed by atoms with Gasteiger partial charge in [-0.05, 0) is 50.1 Å². The number of aromatic nitrogens is 2. The summed E-state index contributed by atoms with van der Waals surface area (Å²) in [4.78, 5) is 0.605. The fraction of sp³-hybridized carbons (Fsp3) is 0.273. The fourth-order valence-corrected chi connectivity index (χ4v) is 4.63. The molecule has 4 rings (SSSR count). The van der Waals surface area contributed by atoms with Crippen molar-refractivity contribution in [2.45, 2.75) is 26.2 Å². The van der Waals surface area contributed by atoms with Crippen molar-refractivity contribution in [3.63, 3.8) is 0 Å². The van der Waals surface area contributed by atoms with Gasteiger partial charge >= 0.3 is 0 Å². The lowest BCUT2D eigenvalue weighted by atomic mass is 10.1. The highest BCUT2D eigenvalue weighted by molar-refractivity contribution is 7.80. The van der Waals surface area contributed by atoms with Crippen LogP contribution in [-0.4, -0.2) is 32.9 Å². The summed E-state index contributed by atoms with van der Waals surface area (Å²) >= 11 is 24.5. The summed E-state index contributed by atoms with van der Waals surface area (Å²) in [6.07, 6.45) is 3.59. The predicted molar refractivity (Wildman–Crippen MR) is 136 cm³/mol. The molecule has 1 aliphatic heterocycles. The minimum atomic E-state index is 0. The van der Waals surface area contributed by atoms with Gasteiger partial charge in [-0.15, -0.1) is 12.4 Å². The summed E-state index contributed by atoms with van der Waals surface area (Å²) in [5.41, 5.74) is 7.69. The number of thiocarbonyl (C=S) groups is 1. The Morgan fingerprint density at radius 1 is 0.968 bits per heavy atom. The van der Waals surface area contributed by atoms with E-state index in [1.54, 1.807) is 12.1 Å². The van der Waals surface area contributed by atoms with Crippen LogP contribution in [0.4, 0.5) is 0 Å². The van der Waals surface area contributed by atoms with E-state index in [9.17, 15) is 0 Å². The van der Waals surface area contributed by atoms with Gasteiger partial charge in [-0.1, -0.05) is 65.6 Å². The van der Waals surface area contributed by atoms with Gasteiger partial charge in [0.05, 0.1) is 16.4 Å². The SMILES string of the molecule is Cc1c(C(=S)NN2CCCCC2)nn(-c2ccc(Cl)cc2Cl)c1-c1ccc(Cl)cc1.Cl. The van der Waals surface area contributed by atoms with Crippen LogP contribution in [0.1, 0.15) is 30.5 Å². The van der Waals surface area contributed by atoms with Crippen molar-refractivity contribution in [1.82, 2.24) is 20.2 Å². The van der Waals surface area contributed by atoms with E-state index in [1.165, 1.54) is 19.3 Å². The third-order valence-electron chi connectivity index (χ3n) is 5.21. The van der Waals surface area contributed by atoms with E-state index in [-0.39, 0.29) is 12.4 Å². The van der Waals surface area contributed by atoms with Crippen LogP contribution in [-0.2, 0) is 0 Å². The van der Waals surface area contributed by atoms with Crippen molar-refractivity contribution in [1.29, 1.82) is 0 Å². The second-order valence-corrected chi connectivity index (χ2v) is 9.01. The maximum absolute atomic E-state index is 6.52. The number of nitrogens with one attached hydrogen (secondary N) is 1. The fourth-order valence-electron chi connectivity index (χ4n) is 3.69. The zero-order valence-electron chi connectivity index (χ0n) is 16.9. The molecule has 1 saturated heterocycles. The molecule has 1 N–H and O–H groups in total. The van der Waals surface area contributed by atoms with Crippen LogP contribution in [0.25, 0.3) is 16.9 Å². The first-order valence-corrected chi connectivity index (χ1v) is 11.3. The van der Waals surface area contributed by atoms with Gasteiger partial charge in [0.2, 0.25) is 0 Å². The van der Waals surface area contributed by atoms with Gasteiger partial charge in [-0.25, -0.2) is 9.69 Å². The number of nitrogens with zero attached hydrogens (tertiary/aromatic N) is 3. The number of hydrogen-bond donors (Lipinski definition) is 1. The first-order valence-electron chi connectivity index (χ1n) is 9.81.